The zero-order valence-electron chi connectivity index (χ0n) is 9.10. The van der Waals surface area contributed by atoms with E-state index in [1.165, 1.54) is 18.2 Å². The summed E-state index contributed by atoms with van der Waals surface area (Å²) >= 11 is 5.80. The Labute approximate surface area is 106 Å². The standard InChI is InChI=1S/C11H10ClF4NO/c12-8-2-1-7(17)3-6(8)5-18-9-4-10(13,14)11(9,15)16/h1-3,9H,4-5,17H2. The third kappa shape index (κ3) is 2.14. The fourth-order valence-electron chi connectivity index (χ4n) is 1.66. The van der Waals surface area contributed by atoms with Gasteiger partial charge in [0.05, 0.1) is 13.0 Å². The van der Waals surface area contributed by atoms with Crippen molar-refractivity contribution in [1.82, 2.24) is 0 Å². The van der Waals surface area contributed by atoms with E-state index in [1.54, 1.807) is 0 Å². The number of nitrogen functional groups attached to an aromatic ring is 1. The minimum absolute atomic E-state index is 0.278. The van der Waals surface area contributed by atoms with E-state index in [1.807, 2.05) is 0 Å². The van der Waals surface area contributed by atoms with Crippen LogP contribution in [-0.4, -0.2) is 17.9 Å². The highest BCUT2D eigenvalue weighted by Crippen LogP contribution is 2.52. The SMILES string of the molecule is Nc1ccc(Cl)c(COC2CC(F)(F)C2(F)F)c1. The summed E-state index contributed by atoms with van der Waals surface area (Å²) in [6, 6.07) is 4.48. The number of benzene rings is 1. The van der Waals surface area contributed by atoms with E-state index in [0.717, 1.165) is 0 Å². The number of rotatable bonds is 3. The molecular weight excluding hydrogens is 274 g/mol. The maximum absolute atomic E-state index is 12.9. The summed E-state index contributed by atoms with van der Waals surface area (Å²) in [5, 5.41) is 0.290. The van der Waals surface area contributed by atoms with Crippen LogP contribution in [0.3, 0.4) is 0 Å². The Bertz CT molecular complexity index is 466. The van der Waals surface area contributed by atoms with Crippen molar-refractivity contribution in [3.05, 3.63) is 28.8 Å². The summed E-state index contributed by atoms with van der Waals surface area (Å²) in [5.74, 6) is -8.11. The van der Waals surface area contributed by atoms with E-state index >= 15 is 0 Å². The van der Waals surface area contributed by atoms with E-state index in [2.05, 4.69) is 0 Å². The zero-order valence-corrected chi connectivity index (χ0v) is 9.85. The van der Waals surface area contributed by atoms with Crippen molar-refractivity contribution < 1.29 is 22.3 Å². The molecule has 100 valence electrons. The third-order valence-electron chi connectivity index (χ3n) is 2.84. The molecule has 7 heteroatoms. The molecule has 2 nitrogen and oxygen atoms in total. The van der Waals surface area contributed by atoms with Gasteiger partial charge in [0.1, 0.15) is 6.10 Å². The number of ether oxygens (including phenoxy) is 1. The van der Waals surface area contributed by atoms with Gasteiger partial charge in [-0.05, 0) is 23.8 Å². The molecule has 2 N–H and O–H groups in total. The van der Waals surface area contributed by atoms with Crippen LogP contribution in [0.15, 0.2) is 18.2 Å². The van der Waals surface area contributed by atoms with Gasteiger partial charge in [0.25, 0.3) is 0 Å². The molecule has 1 aromatic rings. The van der Waals surface area contributed by atoms with Crippen LogP contribution in [-0.2, 0) is 11.3 Å². The molecule has 1 unspecified atom stereocenters. The van der Waals surface area contributed by atoms with Gasteiger partial charge in [-0.3, -0.25) is 0 Å². The Morgan fingerprint density at radius 3 is 2.56 bits per heavy atom. The predicted molar refractivity (Wildman–Crippen MR) is 59.0 cm³/mol. The molecule has 0 spiro atoms. The molecule has 1 saturated carbocycles. The van der Waals surface area contributed by atoms with Crippen LogP contribution >= 0.6 is 11.6 Å². The summed E-state index contributed by atoms with van der Waals surface area (Å²) in [5.41, 5.74) is 6.28. The highest BCUT2D eigenvalue weighted by atomic mass is 35.5. The number of halogens is 5. The van der Waals surface area contributed by atoms with Gasteiger partial charge in [-0.25, -0.2) is 0 Å². The molecular formula is C11H10ClF4NO. The van der Waals surface area contributed by atoms with Gasteiger partial charge in [0.2, 0.25) is 0 Å². The average molecular weight is 284 g/mol. The molecule has 0 aliphatic heterocycles. The smallest absolute Gasteiger partial charge is 0.335 e. The fourth-order valence-corrected chi connectivity index (χ4v) is 1.83. The first-order chi connectivity index (χ1) is 8.24. The summed E-state index contributed by atoms with van der Waals surface area (Å²) in [7, 11) is 0. The first kappa shape index (κ1) is 13.4. The first-order valence-corrected chi connectivity index (χ1v) is 5.53. The van der Waals surface area contributed by atoms with Crippen molar-refractivity contribution in [1.29, 1.82) is 0 Å². The normalized spacial score (nSPS) is 24.6. The number of nitrogens with two attached hydrogens (primary N) is 1. The second kappa shape index (κ2) is 4.28. The lowest BCUT2D eigenvalue weighted by Gasteiger charge is -2.43. The summed E-state index contributed by atoms with van der Waals surface area (Å²) in [6.45, 7) is -0.278. The van der Waals surface area contributed by atoms with Crippen molar-refractivity contribution in [2.75, 3.05) is 5.73 Å². The van der Waals surface area contributed by atoms with Gasteiger partial charge >= 0.3 is 11.8 Å². The maximum atomic E-state index is 12.9. The topological polar surface area (TPSA) is 35.2 Å². The molecule has 1 aromatic carbocycles. The Morgan fingerprint density at radius 1 is 1.33 bits per heavy atom. The summed E-state index contributed by atoms with van der Waals surface area (Å²) < 4.78 is 55.8. The Hall–Kier alpha value is -1.01. The zero-order chi connectivity index (χ0) is 13.6. The first-order valence-electron chi connectivity index (χ1n) is 5.15. The van der Waals surface area contributed by atoms with Crippen molar-refractivity contribution in [2.45, 2.75) is 31.0 Å². The summed E-state index contributed by atoms with van der Waals surface area (Å²) in [6.07, 6.45) is -2.77. The molecule has 0 radical (unpaired) electrons. The van der Waals surface area contributed by atoms with Crippen LogP contribution in [0.5, 0.6) is 0 Å². The lowest BCUT2D eigenvalue weighted by molar-refractivity contribution is -0.342. The molecule has 0 heterocycles. The highest BCUT2D eigenvalue weighted by Gasteiger charge is 2.72. The van der Waals surface area contributed by atoms with Crippen LogP contribution in [0.1, 0.15) is 12.0 Å². The number of hydrogen-bond donors (Lipinski definition) is 1. The minimum Gasteiger partial charge on any atom is -0.399 e. The molecule has 18 heavy (non-hydrogen) atoms. The second-order valence-corrected chi connectivity index (χ2v) is 4.59. The number of anilines is 1. The molecule has 0 amide bonds. The van der Waals surface area contributed by atoms with Gasteiger partial charge in [0, 0.05) is 10.7 Å². The fraction of sp³-hybridized carbons (Fsp3) is 0.455. The van der Waals surface area contributed by atoms with Crippen molar-refractivity contribution in [3.63, 3.8) is 0 Å². The van der Waals surface area contributed by atoms with Gasteiger partial charge in [-0.1, -0.05) is 11.6 Å². The Morgan fingerprint density at radius 2 is 2.00 bits per heavy atom. The van der Waals surface area contributed by atoms with Crippen molar-refractivity contribution >= 4 is 17.3 Å². The lowest BCUT2D eigenvalue weighted by atomic mass is 9.85. The van der Waals surface area contributed by atoms with Gasteiger partial charge in [0.15, 0.2) is 0 Å². The monoisotopic (exact) mass is 283 g/mol. The van der Waals surface area contributed by atoms with E-state index in [9.17, 15) is 17.6 Å². The molecule has 1 aliphatic rings. The van der Waals surface area contributed by atoms with Gasteiger partial charge in [-0.2, -0.15) is 17.6 Å². The molecule has 0 saturated heterocycles. The van der Waals surface area contributed by atoms with E-state index < -0.39 is 24.4 Å². The predicted octanol–water partition coefficient (Wildman–Crippen LogP) is 3.48. The molecule has 0 bridgehead atoms. The highest BCUT2D eigenvalue weighted by molar-refractivity contribution is 6.31. The Balaban J connectivity index is 2.00. The van der Waals surface area contributed by atoms with E-state index in [0.29, 0.717) is 16.3 Å². The molecule has 1 fully saturated rings. The van der Waals surface area contributed by atoms with Crippen LogP contribution in [0.2, 0.25) is 5.02 Å². The quantitative estimate of drug-likeness (QED) is 0.681. The average Bonchev–Trinajstić information content (AvgIpc) is 2.28. The van der Waals surface area contributed by atoms with Crippen molar-refractivity contribution in [2.24, 2.45) is 0 Å². The van der Waals surface area contributed by atoms with Gasteiger partial charge in [-0.15, -0.1) is 0 Å². The van der Waals surface area contributed by atoms with Crippen LogP contribution in [0.25, 0.3) is 0 Å². The number of hydrogen-bond acceptors (Lipinski definition) is 2. The van der Waals surface area contributed by atoms with Gasteiger partial charge < -0.3 is 10.5 Å². The van der Waals surface area contributed by atoms with Crippen LogP contribution < -0.4 is 5.73 Å². The maximum Gasteiger partial charge on any atom is 0.335 e. The lowest BCUT2D eigenvalue weighted by Crippen LogP contribution is -2.63. The molecule has 1 aliphatic carbocycles. The van der Waals surface area contributed by atoms with E-state index in [-0.39, 0.29) is 6.61 Å². The molecule has 0 aromatic heterocycles. The summed E-state index contributed by atoms with van der Waals surface area (Å²) in [4.78, 5) is 0. The molecule has 1 atom stereocenters. The number of alkyl halides is 4. The minimum atomic E-state index is -4.13. The Kier molecular flexibility index (Phi) is 3.19. The van der Waals surface area contributed by atoms with Crippen molar-refractivity contribution in [3.8, 4) is 0 Å². The largest absolute Gasteiger partial charge is 0.399 e. The van der Waals surface area contributed by atoms with E-state index in [4.69, 9.17) is 22.1 Å². The van der Waals surface area contributed by atoms with Crippen LogP contribution in [0.4, 0.5) is 23.2 Å². The third-order valence-corrected chi connectivity index (χ3v) is 3.21. The van der Waals surface area contributed by atoms with Crippen LogP contribution in [0, 0.1) is 0 Å². The molecule has 2 rings (SSSR count). The second-order valence-electron chi connectivity index (χ2n) is 4.18.